The second kappa shape index (κ2) is 10.4. The molecule has 0 spiro atoms. The van der Waals surface area contributed by atoms with Gasteiger partial charge in [0.1, 0.15) is 5.75 Å². The van der Waals surface area contributed by atoms with E-state index in [-0.39, 0.29) is 40.5 Å². The molecule has 1 aromatic carbocycles. The van der Waals surface area contributed by atoms with E-state index in [0.29, 0.717) is 17.8 Å². The Kier molecular flexibility index (Phi) is 7.63. The largest absolute Gasteiger partial charge is 0.573 e. The van der Waals surface area contributed by atoms with Gasteiger partial charge in [-0.25, -0.2) is 5.84 Å². The third-order valence-electron chi connectivity index (χ3n) is 11.3. The number of hydrazine groups is 1. The van der Waals surface area contributed by atoms with Crippen molar-refractivity contribution in [2.75, 3.05) is 31.0 Å². The molecule has 0 aliphatic heterocycles. The number of carbonyl (C=O) groups excluding carboxylic acids is 1. The number of ketones is 1. The Bertz CT molecular complexity index is 1070. The smallest absolute Gasteiger partial charge is 0.406 e. The Morgan fingerprint density at radius 3 is 2.59 bits per heavy atom. The number of nitrogens with zero attached hydrogens (tertiary/aromatic N) is 1. The Labute approximate surface area is 229 Å². The minimum Gasteiger partial charge on any atom is -0.406 e. The Morgan fingerprint density at radius 1 is 1.10 bits per heavy atom. The summed E-state index contributed by atoms with van der Waals surface area (Å²) in [5.74, 6) is 9.02. The van der Waals surface area contributed by atoms with E-state index < -0.39 is 12.1 Å². The van der Waals surface area contributed by atoms with Crippen molar-refractivity contribution in [1.29, 1.82) is 0 Å². The van der Waals surface area contributed by atoms with E-state index in [4.69, 9.17) is 16.3 Å². The molecule has 5 rings (SSSR count). The van der Waals surface area contributed by atoms with E-state index in [0.717, 1.165) is 56.3 Å². The van der Waals surface area contributed by atoms with Gasteiger partial charge in [0.2, 0.25) is 0 Å². The van der Waals surface area contributed by atoms with Crippen LogP contribution in [0.5, 0.6) is 5.75 Å². The summed E-state index contributed by atoms with van der Waals surface area (Å²) < 4.78 is 48.1. The quantitative estimate of drug-likeness (QED) is 0.234. The molecule has 4 aliphatic carbocycles. The van der Waals surface area contributed by atoms with Crippen LogP contribution in [0.1, 0.15) is 71.6 Å². The van der Waals surface area contributed by atoms with Gasteiger partial charge in [-0.1, -0.05) is 20.3 Å². The molecule has 0 saturated heterocycles. The minimum atomic E-state index is -4.83. The number of anilines is 2. The van der Waals surface area contributed by atoms with Crippen LogP contribution >= 0.6 is 0 Å². The summed E-state index contributed by atoms with van der Waals surface area (Å²) in [6.45, 7) is 5.43. The Hall–Kier alpha value is -2.00. The van der Waals surface area contributed by atoms with Gasteiger partial charge in [0, 0.05) is 19.1 Å². The first-order valence-electron chi connectivity index (χ1n) is 14.6. The number of fused-ring (bicyclic) bond motifs is 5. The molecule has 4 N–H and O–H groups in total. The lowest BCUT2D eigenvalue weighted by Crippen LogP contribution is -2.56. The summed E-state index contributed by atoms with van der Waals surface area (Å²) >= 11 is 0. The number of halogens is 3. The van der Waals surface area contributed by atoms with Gasteiger partial charge in [-0.15, -0.1) is 13.2 Å². The number of benzene rings is 1. The second-order valence-electron chi connectivity index (χ2n) is 13.2. The summed E-state index contributed by atoms with van der Waals surface area (Å²) in [7, 11) is 1.85. The van der Waals surface area contributed by atoms with Crippen molar-refractivity contribution in [1.82, 2.24) is 0 Å². The highest BCUT2D eigenvalue weighted by Gasteiger charge is 2.62. The van der Waals surface area contributed by atoms with E-state index in [1.54, 1.807) is 0 Å². The van der Waals surface area contributed by atoms with Gasteiger partial charge < -0.3 is 20.2 Å². The first-order valence-corrected chi connectivity index (χ1v) is 14.6. The van der Waals surface area contributed by atoms with Crippen LogP contribution in [0.2, 0.25) is 0 Å². The Balaban J connectivity index is 1.31. The molecule has 8 unspecified atom stereocenters. The summed E-state index contributed by atoms with van der Waals surface area (Å²) in [6, 6.07) is 3.59. The molecule has 4 saturated carbocycles. The van der Waals surface area contributed by atoms with Gasteiger partial charge in [-0.3, -0.25) is 4.79 Å². The summed E-state index contributed by atoms with van der Waals surface area (Å²) in [5.41, 5.74) is 6.53. The highest BCUT2D eigenvalue weighted by atomic mass is 19.4. The lowest BCUT2D eigenvalue weighted by atomic mass is 9.44. The predicted molar refractivity (Wildman–Crippen MR) is 145 cm³/mol. The van der Waals surface area contributed by atoms with Gasteiger partial charge in [-0.2, -0.15) is 0 Å². The summed E-state index contributed by atoms with van der Waals surface area (Å²) in [4.78, 5) is 13.7. The topological polar surface area (TPSA) is 90.8 Å². The molecule has 9 heteroatoms. The van der Waals surface area contributed by atoms with Gasteiger partial charge in [0.25, 0.3) is 0 Å². The minimum absolute atomic E-state index is 0.0364. The standard InChI is InChI=1S/C30H44F3N3O3/c1-18-10-13-29(17-38-3)19(14-18)4-6-21-22-7-8-24(28(22,2)12-11-23(21)29)27(37)16-36(35)26-15-20(5-9-25(26)34)39-30(31,32)33/h5,9,15,18-19,21-24H,4,6-8,10-14,16-17,34-35H2,1-3H3. The maximum absolute atomic E-state index is 13.7. The van der Waals surface area contributed by atoms with Crippen LogP contribution in [0.25, 0.3) is 0 Å². The zero-order valence-electron chi connectivity index (χ0n) is 23.4. The van der Waals surface area contributed by atoms with Gasteiger partial charge in [-0.05, 0) is 104 Å². The molecule has 0 bridgehead atoms. The molecular weight excluding hydrogens is 507 g/mol. The molecule has 4 aliphatic rings. The fourth-order valence-electron chi connectivity index (χ4n) is 9.68. The zero-order chi connectivity index (χ0) is 28.2. The average Bonchev–Trinajstić information content (AvgIpc) is 3.22. The number of ether oxygens (including phenoxy) is 2. The van der Waals surface area contributed by atoms with Crippen LogP contribution in [0.15, 0.2) is 18.2 Å². The third kappa shape index (κ3) is 5.14. The van der Waals surface area contributed by atoms with Crippen molar-refractivity contribution in [2.45, 2.75) is 78.0 Å². The first-order chi connectivity index (χ1) is 18.4. The molecule has 0 aromatic heterocycles. The van der Waals surface area contributed by atoms with Crippen LogP contribution in [-0.2, 0) is 9.53 Å². The van der Waals surface area contributed by atoms with Crippen LogP contribution in [0, 0.1) is 46.3 Å². The number of rotatable bonds is 7. The lowest BCUT2D eigenvalue weighted by molar-refractivity contribution is -0.274. The molecule has 218 valence electrons. The SMILES string of the molecule is COCC12CCC(C)CC1CCC1C3CCC(C(=O)CN(N)c4cc(OC(F)(F)F)ccc4N)C3(C)CCC12. The van der Waals surface area contributed by atoms with E-state index in [1.165, 1.54) is 43.2 Å². The van der Waals surface area contributed by atoms with Gasteiger partial charge in [0.15, 0.2) is 5.78 Å². The number of alkyl halides is 3. The van der Waals surface area contributed by atoms with Crippen molar-refractivity contribution in [2.24, 2.45) is 52.2 Å². The molecule has 0 amide bonds. The normalized spacial score (nSPS) is 37.9. The first kappa shape index (κ1) is 28.5. The predicted octanol–water partition coefficient (Wildman–Crippen LogP) is 6.34. The van der Waals surface area contributed by atoms with E-state index in [2.05, 4.69) is 18.6 Å². The van der Waals surface area contributed by atoms with E-state index in [1.807, 2.05) is 7.11 Å². The molecule has 6 nitrogen and oxygen atoms in total. The summed E-state index contributed by atoms with van der Waals surface area (Å²) in [6.07, 6.45) is 5.52. The molecule has 4 fully saturated rings. The van der Waals surface area contributed by atoms with Crippen molar-refractivity contribution in [3.05, 3.63) is 18.2 Å². The highest BCUT2D eigenvalue weighted by Crippen LogP contribution is 2.68. The fraction of sp³-hybridized carbons (Fsp3) is 0.767. The van der Waals surface area contributed by atoms with Crippen molar-refractivity contribution >= 4 is 17.2 Å². The zero-order valence-corrected chi connectivity index (χ0v) is 23.4. The molecule has 0 heterocycles. The second-order valence-corrected chi connectivity index (χ2v) is 13.2. The molecular formula is C30H44F3N3O3. The number of hydrogen-bond acceptors (Lipinski definition) is 6. The Morgan fingerprint density at radius 2 is 1.87 bits per heavy atom. The number of Topliss-reactive ketones (excluding diaryl/α,β-unsaturated/α-hetero) is 1. The van der Waals surface area contributed by atoms with Gasteiger partial charge in [0.05, 0.1) is 24.5 Å². The number of nitrogen functional groups attached to an aromatic ring is 1. The number of methoxy groups -OCH3 is 1. The number of hydrogen-bond donors (Lipinski definition) is 2. The van der Waals surface area contributed by atoms with Crippen LogP contribution in [0.4, 0.5) is 24.5 Å². The van der Waals surface area contributed by atoms with Crippen molar-refractivity contribution in [3.8, 4) is 5.75 Å². The molecule has 1 aromatic rings. The lowest BCUT2D eigenvalue weighted by Gasteiger charge is -2.62. The van der Waals surface area contributed by atoms with Crippen LogP contribution in [-0.4, -0.2) is 32.4 Å². The van der Waals surface area contributed by atoms with E-state index >= 15 is 0 Å². The third-order valence-corrected chi connectivity index (χ3v) is 11.3. The van der Waals surface area contributed by atoms with E-state index in [9.17, 15) is 18.0 Å². The molecule has 8 atom stereocenters. The maximum Gasteiger partial charge on any atom is 0.573 e. The van der Waals surface area contributed by atoms with Gasteiger partial charge >= 0.3 is 6.36 Å². The fourth-order valence-corrected chi connectivity index (χ4v) is 9.68. The number of nitrogens with two attached hydrogens (primary N) is 2. The number of carbonyl (C=O) groups is 1. The maximum atomic E-state index is 13.7. The summed E-state index contributed by atoms with van der Waals surface area (Å²) in [5, 5.41) is 1.17. The van der Waals surface area contributed by atoms with Crippen LogP contribution in [0.3, 0.4) is 0 Å². The monoisotopic (exact) mass is 551 g/mol. The average molecular weight is 552 g/mol. The highest BCUT2D eigenvalue weighted by molar-refractivity contribution is 5.87. The van der Waals surface area contributed by atoms with Crippen LogP contribution < -0.4 is 21.3 Å². The van der Waals surface area contributed by atoms with Crippen molar-refractivity contribution in [3.63, 3.8) is 0 Å². The van der Waals surface area contributed by atoms with Crippen molar-refractivity contribution < 1.29 is 27.4 Å². The molecule has 0 radical (unpaired) electrons. The molecule has 39 heavy (non-hydrogen) atoms.